The molecule has 1 unspecified atom stereocenters. The summed E-state index contributed by atoms with van der Waals surface area (Å²) < 4.78 is 7.73. The number of nitrogens with zero attached hydrogens (tertiary/aromatic N) is 4. The first-order chi connectivity index (χ1) is 9.65. The molecular weight excluding hydrogens is 276 g/mol. The molecule has 1 atom stereocenters. The monoisotopic (exact) mass is 292 g/mol. The van der Waals surface area contributed by atoms with Gasteiger partial charge in [0, 0.05) is 19.8 Å². The summed E-state index contributed by atoms with van der Waals surface area (Å²) >= 11 is 1.37. The first-order valence-electron chi connectivity index (χ1n) is 6.44. The van der Waals surface area contributed by atoms with Crippen LogP contribution in [0.4, 0.5) is 0 Å². The van der Waals surface area contributed by atoms with Gasteiger partial charge in [-0.2, -0.15) is 0 Å². The van der Waals surface area contributed by atoms with Crippen molar-refractivity contribution >= 4 is 17.2 Å². The summed E-state index contributed by atoms with van der Waals surface area (Å²) in [5.74, 6) is 0.885. The Morgan fingerprint density at radius 1 is 1.55 bits per heavy atom. The van der Waals surface area contributed by atoms with Gasteiger partial charge in [-0.15, -0.1) is 11.3 Å². The van der Waals surface area contributed by atoms with Gasteiger partial charge in [0.25, 0.3) is 5.91 Å². The van der Waals surface area contributed by atoms with Crippen LogP contribution < -0.4 is 0 Å². The minimum Gasteiger partial charge on any atom is -0.367 e. The Balaban J connectivity index is 1.77. The van der Waals surface area contributed by atoms with Crippen LogP contribution in [0.25, 0.3) is 0 Å². The van der Waals surface area contributed by atoms with Gasteiger partial charge in [-0.3, -0.25) is 9.78 Å². The van der Waals surface area contributed by atoms with Crippen molar-refractivity contribution < 1.29 is 9.53 Å². The molecule has 0 aliphatic carbocycles. The molecule has 1 fully saturated rings. The summed E-state index contributed by atoms with van der Waals surface area (Å²) in [5, 5.41) is 0. The molecule has 0 N–H and O–H groups in total. The first-order valence-corrected chi connectivity index (χ1v) is 7.32. The van der Waals surface area contributed by atoms with Crippen LogP contribution in [0, 0.1) is 6.92 Å². The molecule has 3 heterocycles. The van der Waals surface area contributed by atoms with Crippen LogP contribution in [0.3, 0.4) is 0 Å². The SMILES string of the molecule is Cc1cn(C)c(C2CN(C(=O)c3cncs3)CCO2)n1. The molecule has 1 saturated heterocycles. The zero-order valence-corrected chi connectivity index (χ0v) is 12.3. The third-order valence-corrected chi connectivity index (χ3v) is 4.08. The number of carbonyl (C=O) groups is 1. The van der Waals surface area contributed by atoms with Crippen molar-refractivity contribution in [2.75, 3.05) is 19.7 Å². The Hall–Kier alpha value is -1.73. The van der Waals surface area contributed by atoms with Gasteiger partial charge < -0.3 is 14.2 Å². The maximum absolute atomic E-state index is 12.3. The topological polar surface area (TPSA) is 60.2 Å². The zero-order chi connectivity index (χ0) is 14.1. The molecule has 0 bridgehead atoms. The number of aromatic nitrogens is 3. The van der Waals surface area contributed by atoms with E-state index in [1.54, 1.807) is 11.7 Å². The number of morpholine rings is 1. The molecule has 20 heavy (non-hydrogen) atoms. The molecule has 3 rings (SSSR count). The summed E-state index contributed by atoms with van der Waals surface area (Å²) in [4.78, 5) is 23.3. The molecule has 2 aromatic rings. The lowest BCUT2D eigenvalue weighted by Crippen LogP contribution is -2.42. The average molecular weight is 292 g/mol. The fraction of sp³-hybridized carbons (Fsp3) is 0.462. The molecule has 0 radical (unpaired) electrons. The van der Waals surface area contributed by atoms with E-state index >= 15 is 0 Å². The second-order valence-corrected chi connectivity index (χ2v) is 5.71. The minimum atomic E-state index is -0.167. The number of thiazole rings is 1. The van der Waals surface area contributed by atoms with Crippen molar-refractivity contribution in [3.8, 4) is 0 Å². The first kappa shape index (κ1) is 13.3. The summed E-state index contributed by atoms with van der Waals surface area (Å²) in [5.41, 5.74) is 2.63. The van der Waals surface area contributed by atoms with Gasteiger partial charge >= 0.3 is 0 Å². The fourth-order valence-electron chi connectivity index (χ4n) is 2.40. The lowest BCUT2D eigenvalue weighted by atomic mass is 10.2. The molecule has 1 amide bonds. The molecular formula is C13H16N4O2S. The van der Waals surface area contributed by atoms with Gasteiger partial charge in [0.05, 0.1) is 30.6 Å². The lowest BCUT2D eigenvalue weighted by molar-refractivity contribution is -0.0278. The normalized spacial score (nSPS) is 19.3. The summed E-state index contributed by atoms with van der Waals surface area (Å²) in [7, 11) is 1.95. The van der Waals surface area contributed by atoms with Gasteiger partial charge in [0.2, 0.25) is 0 Å². The van der Waals surface area contributed by atoms with Gasteiger partial charge in [-0.05, 0) is 6.92 Å². The maximum Gasteiger partial charge on any atom is 0.265 e. The van der Waals surface area contributed by atoms with Crippen molar-refractivity contribution in [2.45, 2.75) is 13.0 Å². The zero-order valence-electron chi connectivity index (χ0n) is 11.4. The van der Waals surface area contributed by atoms with E-state index in [1.807, 2.05) is 29.6 Å². The Kier molecular flexibility index (Phi) is 3.54. The molecule has 7 heteroatoms. The Morgan fingerprint density at radius 2 is 2.40 bits per heavy atom. The Labute approximate surface area is 121 Å². The smallest absolute Gasteiger partial charge is 0.265 e. The third kappa shape index (κ3) is 2.46. The molecule has 1 aliphatic rings. The van der Waals surface area contributed by atoms with E-state index in [9.17, 15) is 4.79 Å². The summed E-state index contributed by atoms with van der Waals surface area (Å²) in [6.45, 7) is 3.62. The highest BCUT2D eigenvalue weighted by molar-refractivity contribution is 7.11. The van der Waals surface area contributed by atoms with Gasteiger partial charge in [0.1, 0.15) is 16.8 Å². The Morgan fingerprint density at radius 3 is 3.05 bits per heavy atom. The second-order valence-electron chi connectivity index (χ2n) is 4.83. The van der Waals surface area contributed by atoms with E-state index in [1.165, 1.54) is 11.3 Å². The largest absolute Gasteiger partial charge is 0.367 e. The molecule has 0 spiro atoms. The molecule has 0 aromatic carbocycles. The fourth-order valence-corrected chi connectivity index (χ4v) is 2.99. The summed E-state index contributed by atoms with van der Waals surface area (Å²) in [6, 6.07) is 0. The highest BCUT2D eigenvalue weighted by atomic mass is 32.1. The predicted octanol–water partition coefficient (Wildman–Crippen LogP) is 1.40. The number of rotatable bonds is 2. The number of carbonyl (C=O) groups excluding carboxylic acids is 1. The molecule has 2 aromatic heterocycles. The molecule has 1 aliphatic heterocycles. The highest BCUT2D eigenvalue weighted by Crippen LogP contribution is 2.23. The van der Waals surface area contributed by atoms with Gasteiger partial charge in [-0.25, -0.2) is 4.98 Å². The van der Waals surface area contributed by atoms with Crippen molar-refractivity contribution in [3.63, 3.8) is 0 Å². The summed E-state index contributed by atoms with van der Waals surface area (Å²) in [6.07, 6.45) is 3.41. The number of ether oxygens (including phenoxy) is 1. The highest BCUT2D eigenvalue weighted by Gasteiger charge is 2.29. The number of imidazole rings is 1. The van der Waals surface area contributed by atoms with Crippen molar-refractivity contribution in [3.05, 3.63) is 34.3 Å². The van der Waals surface area contributed by atoms with E-state index < -0.39 is 0 Å². The molecule has 0 saturated carbocycles. The van der Waals surface area contributed by atoms with Crippen LogP contribution in [-0.2, 0) is 11.8 Å². The van der Waals surface area contributed by atoms with E-state index in [4.69, 9.17) is 4.74 Å². The third-order valence-electron chi connectivity index (χ3n) is 3.32. The van der Waals surface area contributed by atoms with E-state index in [0.717, 1.165) is 11.5 Å². The predicted molar refractivity (Wildman–Crippen MR) is 74.7 cm³/mol. The standard InChI is InChI=1S/C13H16N4O2S/c1-9-6-16(2)12(15-9)10-7-17(3-4-19-10)13(18)11-5-14-8-20-11/h5-6,8,10H,3-4,7H2,1-2H3. The number of hydrogen-bond acceptors (Lipinski definition) is 5. The van der Waals surface area contributed by atoms with Gasteiger partial charge in [0.15, 0.2) is 0 Å². The van der Waals surface area contributed by atoms with Crippen molar-refractivity contribution in [2.24, 2.45) is 7.05 Å². The van der Waals surface area contributed by atoms with E-state index in [2.05, 4.69) is 9.97 Å². The van der Waals surface area contributed by atoms with Crippen molar-refractivity contribution in [1.29, 1.82) is 0 Å². The van der Waals surface area contributed by atoms with Crippen LogP contribution >= 0.6 is 11.3 Å². The molecule has 6 nitrogen and oxygen atoms in total. The van der Waals surface area contributed by atoms with Crippen LogP contribution in [0.15, 0.2) is 17.9 Å². The minimum absolute atomic E-state index is 0.0201. The van der Waals surface area contributed by atoms with Crippen LogP contribution in [-0.4, -0.2) is 45.0 Å². The van der Waals surface area contributed by atoms with E-state index in [-0.39, 0.29) is 12.0 Å². The van der Waals surface area contributed by atoms with E-state index in [0.29, 0.717) is 24.6 Å². The average Bonchev–Trinajstić information content (AvgIpc) is 3.08. The number of hydrogen-bond donors (Lipinski definition) is 0. The van der Waals surface area contributed by atoms with Crippen LogP contribution in [0.1, 0.15) is 27.3 Å². The number of amides is 1. The quantitative estimate of drug-likeness (QED) is 0.839. The van der Waals surface area contributed by atoms with Crippen LogP contribution in [0.2, 0.25) is 0 Å². The van der Waals surface area contributed by atoms with Crippen molar-refractivity contribution in [1.82, 2.24) is 19.4 Å². The Bertz CT molecular complexity index is 608. The molecule has 106 valence electrons. The lowest BCUT2D eigenvalue weighted by Gasteiger charge is -2.32. The van der Waals surface area contributed by atoms with Gasteiger partial charge in [-0.1, -0.05) is 0 Å². The second kappa shape index (κ2) is 5.34. The van der Waals surface area contributed by atoms with Crippen LogP contribution in [0.5, 0.6) is 0 Å². The maximum atomic E-state index is 12.3. The number of aryl methyl sites for hydroxylation is 2.